The Labute approximate surface area is 108 Å². The second kappa shape index (κ2) is 5.50. The van der Waals surface area contributed by atoms with Gasteiger partial charge < -0.3 is 5.11 Å². The molecule has 1 atom stereocenters. The molecule has 4 heteroatoms. The highest BCUT2D eigenvalue weighted by atomic mass is 32.2. The van der Waals surface area contributed by atoms with E-state index in [2.05, 4.69) is 0 Å². The maximum atomic E-state index is 13.6. The summed E-state index contributed by atoms with van der Waals surface area (Å²) in [6.07, 6.45) is 0.554. The molecule has 0 bridgehead atoms. The van der Waals surface area contributed by atoms with Crippen LogP contribution in [-0.2, 0) is 0 Å². The van der Waals surface area contributed by atoms with Gasteiger partial charge in [-0.25, -0.2) is 8.78 Å². The van der Waals surface area contributed by atoms with Gasteiger partial charge in [0.05, 0.1) is 5.56 Å². The first-order chi connectivity index (χ1) is 8.65. The summed E-state index contributed by atoms with van der Waals surface area (Å²) >= 11 is 1.43. The summed E-state index contributed by atoms with van der Waals surface area (Å²) in [6, 6.07) is 10.6. The molecule has 1 N–H and O–H groups in total. The van der Waals surface area contributed by atoms with Crippen molar-refractivity contribution in [2.45, 2.75) is 11.0 Å². The molecule has 94 valence electrons. The van der Waals surface area contributed by atoms with Gasteiger partial charge in [0, 0.05) is 4.90 Å². The molecular formula is C14H12F2OS. The minimum Gasteiger partial charge on any atom is -0.383 e. The van der Waals surface area contributed by atoms with Gasteiger partial charge in [-0.1, -0.05) is 24.3 Å². The van der Waals surface area contributed by atoms with Crippen molar-refractivity contribution in [3.05, 3.63) is 65.2 Å². The standard InChI is InChI=1S/C14H12F2OS/c1-18-12-8-3-2-5-9(12)14(17)13-10(15)6-4-7-11(13)16/h2-8,14,17H,1H3. The predicted molar refractivity (Wildman–Crippen MR) is 68.6 cm³/mol. The third-order valence-electron chi connectivity index (χ3n) is 2.71. The van der Waals surface area contributed by atoms with E-state index in [0.29, 0.717) is 5.56 Å². The number of halogens is 2. The van der Waals surface area contributed by atoms with E-state index in [9.17, 15) is 13.9 Å². The van der Waals surface area contributed by atoms with Crippen LogP contribution in [0, 0.1) is 11.6 Å². The van der Waals surface area contributed by atoms with Crippen LogP contribution in [0.3, 0.4) is 0 Å². The Balaban J connectivity index is 2.51. The molecule has 0 radical (unpaired) electrons. The Morgan fingerprint density at radius 1 is 1.00 bits per heavy atom. The lowest BCUT2D eigenvalue weighted by atomic mass is 10.0. The lowest BCUT2D eigenvalue weighted by Crippen LogP contribution is -2.06. The molecule has 0 saturated heterocycles. The highest BCUT2D eigenvalue weighted by Crippen LogP contribution is 2.32. The molecule has 0 heterocycles. The maximum Gasteiger partial charge on any atom is 0.132 e. The summed E-state index contributed by atoms with van der Waals surface area (Å²) in [5.41, 5.74) is 0.202. The molecule has 0 saturated carbocycles. The van der Waals surface area contributed by atoms with Gasteiger partial charge in [0.1, 0.15) is 17.7 Å². The van der Waals surface area contributed by atoms with Crippen molar-refractivity contribution in [2.24, 2.45) is 0 Å². The van der Waals surface area contributed by atoms with Crippen molar-refractivity contribution in [3.63, 3.8) is 0 Å². The highest BCUT2D eigenvalue weighted by Gasteiger charge is 2.21. The summed E-state index contributed by atoms with van der Waals surface area (Å²) in [6.45, 7) is 0. The molecule has 0 fully saturated rings. The highest BCUT2D eigenvalue weighted by molar-refractivity contribution is 7.98. The Hall–Kier alpha value is -1.39. The van der Waals surface area contributed by atoms with Crippen molar-refractivity contribution >= 4 is 11.8 Å². The van der Waals surface area contributed by atoms with Gasteiger partial charge in [0.15, 0.2) is 0 Å². The summed E-state index contributed by atoms with van der Waals surface area (Å²) in [7, 11) is 0. The van der Waals surface area contributed by atoms with Crippen LogP contribution in [-0.4, -0.2) is 11.4 Å². The first-order valence-electron chi connectivity index (χ1n) is 5.40. The van der Waals surface area contributed by atoms with Crippen LogP contribution < -0.4 is 0 Å². The molecule has 1 nitrogen and oxygen atoms in total. The number of hydrogen-bond donors (Lipinski definition) is 1. The van der Waals surface area contributed by atoms with Gasteiger partial charge in [0.2, 0.25) is 0 Å². The SMILES string of the molecule is CSc1ccccc1C(O)c1c(F)cccc1F. The molecule has 0 aliphatic rings. The van der Waals surface area contributed by atoms with E-state index in [1.807, 2.05) is 18.4 Å². The van der Waals surface area contributed by atoms with Gasteiger partial charge in [-0.15, -0.1) is 11.8 Å². The van der Waals surface area contributed by atoms with Crippen LogP contribution in [0.5, 0.6) is 0 Å². The van der Waals surface area contributed by atoms with Crippen molar-refractivity contribution < 1.29 is 13.9 Å². The fourth-order valence-corrected chi connectivity index (χ4v) is 2.45. The average molecular weight is 266 g/mol. The first-order valence-corrected chi connectivity index (χ1v) is 6.62. The largest absolute Gasteiger partial charge is 0.383 e. The minimum atomic E-state index is -1.30. The second-order valence-corrected chi connectivity index (χ2v) is 4.63. The Bertz CT molecular complexity index is 537. The zero-order valence-electron chi connectivity index (χ0n) is 9.73. The topological polar surface area (TPSA) is 20.2 Å². The quantitative estimate of drug-likeness (QED) is 0.853. The van der Waals surface area contributed by atoms with E-state index in [1.54, 1.807) is 12.1 Å². The minimum absolute atomic E-state index is 0.306. The number of aliphatic hydroxyl groups excluding tert-OH is 1. The van der Waals surface area contributed by atoms with Gasteiger partial charge in [0.25, 0.3) is 0 Å². The summed E-state index contributed by atoms with van der Waals surface area (Å²) in [5, 5.41) is 10.2. The number of thioether (sulfide) groups is 1. The smallest absolute Gasteiger partial charge is 0.132 e. The molecule has 0 aliphatic carbocycles. The maximum absolute atomic E-state index is 13.6. The molecule has 0 spiro atoms. The molecule has 1 unspecified atom stereocenters. The number of rotatable bonds is 3. The van der Waals surface area contributed by atoms with Crippen LogP contribution in [0.4, 0.5) is 8.78 Å². The van der Waals surface area contributed by atoms with Gasteiger partial charge in [-0.3, -0.25) is 0 Å². The Morgan fingerprint density at radius 2 is 1.61 bits per heavy atom. The van der Waals surface area contributed by atoms with E-state index in [1.165, 1.54) is 17.8 Å². The van der Waals surface area contributed by atoms with Gasteiger partial charge in [-0.05, 0) is 30.0 Å². The van der Waals surface area contributed by atoms with E-state index < -0.39 is 17.7 Å². The Kier molecular flexibility index (Phi) is 3.99. The molecule has 0 amide bonds. The zero-order valence-corrected chi connectivity index (χ0v) is 10.5. The third kappa shape index (κ3) is 2.40. The lowest BCUT2D eigenvalue weighted by Gasteiger charge is -2.16. The summed E-state index contributed by atoms with van der Waals surface area (Å²) in [4.78, 5) is 0.799. The summed E-state index contributed by atoms with van der Waals surface area (Å²) < 4.78 is 27.2. The van der Waals surface area contributed by atoms with Crippen LogP contribution >= 0.6 is 11.8 Å². The van der Waals surface area contributed by atoms with E-state index >= 15 is 0 Å². The molecule has 0 aliphatic heterocycles. The number of hydrogen-bond acceptors (Lipinski definition) is 2. The van der Waals surface area contributed by atoms with Crippen LogP contribution in [0.1, 0.15) is 17.2 Å². The lowest BCUT2D eigenvalue weighted by molar-refractivity contribution is 0.206. The average Bonchev–Trinajstić information content (AvgIpc) is 2.38. The van der Waals surface area contributed by atoms with Crippen molar-refractivity contribution in [2.75, 3.05) is 6.26 Å². The zero-order chi connectivity index (χ0) is 13.1. The van der Waals surface area contributed by atoms with Crippen LogP contribution in [0.25, 0.3) is 0 Å². The molecule has 2 rings (SSSR count). The number of benzene rings is 2. The summed E-state index contributed by atoms with van der Waals surface area (Å²) in [5.74, 6) is -1.48. The fourth-order valence-electron chi connectivity index (χ4n) is 1.82. The normalized spacial score (nSPS) is 12.4. The first kappa shape index (κ1) is 13.1. The van der Waals surface area contributed by atoms with Crippen molar-refractivity contribution in [1.82, 2.24) is 0 Å². The van der Waals surface area contributed by atoms with E-state index in [-0.39, 0.29) is 5.56 Å². The van der Waals surface area contributed by atoms with Gasteiger partial charge >= 0.3 is 0 Å². The third-order valence-corrected chi connectivity index (χ3v) is 3.52. The molecule has 2 aromatic carbocycles. The molecule has 2 aromatic rings. The predicted octanol–water partition coefficient (Wildman–Crippen LogP) is 3.77. The monoisotopic (exact) mass is 266 g/mol. The second-order valence-electron chi connectivity index (χ2n) is 3.78. The van der Waals surface area contributed by atoms with E-state index in [0.717, 1.165) is 17.0 Å². The van der Waals surface area contributed by atoms with E-state index in [4.69, 9.17) is 0 Å². The van der Waals surface area contributed by atoms with Gasteiger partial charge in [-0.2, -0.15) is 0 Å². The van der Waals surface area contributed by atoms with Crippen LogP contribution in [0.15, 0.2) is 47.4 Å². The Morgan fingerprint density at radius 3 is 2.22 bits per heavy atom. The number of aliphatic hydroxyl groups is 1. The van der Waals surface area contributed by atoms with Crippen molar-refractivity contribution in [1.29, 1.82) is 0 Å². The molecular weight excluding hydrogens is 254 g/mol. The fraction of sp³-hybridized carbons (Fsp3) is 0.143. The molecule has 18 heavy (non-hydrogen) atoms. The van der Waals surface area contributed by atoms with Crippen molar-refractivity contribution in [3.8, 4) is 0 Å². The van der Waals surface area contributed by atoms with Crippen LogP contribution in [0.2, 0.25) is 0 Å². The molecule has 0 aromatic heterocycles.